The normalized spacial score (nSPS) is 12.8. The third kappa shape index (κ3) is 5.63. The maximum atomic E-state index is 13.3. The average Bonchev–Trinajstić information content (AvgIpc) is 2.71. The highest BCUT2D eigenvalue weighted by molar-refractivity contribution is 8.00. The van der Waals surface area contributed by atoms with E-state index in [2.05, 4.69) is 25.6 Å². The molecule has 0 saturated heterocycles. The zero-order valence-electron chi connectivity index (χ0n) is 16.3. The van der Waals surface area contributed by atoms with Gasteiger partial charge in [0, 0.05) is 17.4 Å². The summed E-state index contributed by atoms with van der Waals surface area (Å²) in [6, 6.07) is 12.6. The predicted octanol–water partition coefficient (Wildman–Crippen LogP) is 4.30. The van der Waals surface area contributed by atoms with E-state index in [1.807, 2.05) is 37.3 Å². The first-order valence-corrected chi connectivity index (χ1v) is 10.0. The second-order valence-electron chi connectivity index (χ2n) is 6.41. The number of carbonyl (C=O) groups excluding carboxylic acids is 1. The molecule has 3 aromatic rings. The van der Waals surface area contributed by atoms with Gasteiger partial charge >= 0.3 is 0 Å². The molecule has 7 nitrogen and oxygen atoms in total. The van der Waals surface area contributed by atoms with E-state index in [0.717, 1.165) is 17.8 Å². The van der Waals surface area contributed by atoms with E-state index in [4.69, 9.17) is 5.73 Å². The number of nitrogens with two attached hydrogens (primary N) is 1. The summed E-state index contributed by atoms with van der Waals surface area (Å²) < 4.78 is 26.4. The van der Waals surface area contributed by atoms with Crippen LogP contribution in [0.4, 0.5) is 32.1 Å². The first-order chi connectivity index (χ1) is 14.3. The Labute approximate surface area is 176 Å². The van der Waals surface area contributed by atoms with Crippen molar-refractivity contribution in [3.63, 3.8) is 0 Å². The van der Waals surface area contributed by atoms with Gasteiger partial charge in [0.15, 0.2) is 11.6 Å². The molecule has 4 N–H and O–H groups in total. The first-order valence-electron chi connectivity index (χ1n) is 9.06. The number of anilines is 4. The summed E-state index contributed by atoms with van der Waals surface area (Å²) in [5.74, 6) is -1.59. The molecule has 1 heterocycles. The van der Waals surface area contributed by atoms with E-state index in [0.29, 0.717) is 11.8 Å². The fourth-order valence-corrected chi connectivity index (χ4v) is 3.57. The Bertz CT molecular complexity index is 1040. The van der Waals surface area contributed by atoms with Gasteiger partial charge in [0.1, 0.15) is 5.82 Å². The molecule has 156 valence electrons. The van der Waals surface area contributed by atoms with Crippen LogP contribution in [0.3, 0.4) is 0 Å². The van der Waals surface area contributed by atoms with E-state index >= 15 is 0 Å². The molecule has 0 aliphatic rings. The number of benzene rings is 2. The molecule has 0 aliphatic heterocycles. The van der Waals surface area contributed by atoms with Gasteiger partial charge in [-0.1, -0.05) is 18.2 Å². The van der Waals surface area contributed by atoms with Gasteiger partial charge in [-0.3, -0.25) is 4.79 Å². The lowest BCUT2D eigenvalue weighted by Gasteiger charge is -2.17. The topological polar surface area (TPSA) is 106 Å². The lowest BCUT2D eigenvalue weighted by Crippen LogP contribution is -2.23. The van der Waals surface area contributed by atoms with Crippen molar-refractivity contribution < 1.29 is 13.6 Å². The van der Waals surface area contributed by atoms with Crippen LogP contribution in [0.25, 0.3) is 0 Å². The number of carbonyl (C=O) groups is 1. The molecule has 0 saturated carbocycles. The van der Waals surface area contributed by atoms with Crippen LogP contribution in [0.1, 0.15) is 24.9 Å². The Hall–Kier alpha value is -3.27. The van der Waals surface area contributed by atoms with E-state index < -0.39 is 16.9 Å². The number of aromatic nitrogens is 3. The van der Waals surface area contributed by atoms with Crippen molar-refractivity contribution in [2.24, 2.45) is 0 Å². The Balaban J connectivity index is 1.66. The fraction of sp³-hybridized carbons (Fsp3) is 0.200. The van der Waals surface area contributed by atoms with Crippen LogP contribution < -0.4 is 16.4 Å². The lowest BCUT2D eigenvalue weighted by atomic mass is 10.3. The Morgan fingerprint density at radius 2 is 1.73 bits per heavy atom. The van der Waals surface area contributed by atoms with Crippen LogP contribution in [0.5, 0.6) is 0 Å². The van der Waals surface area contributed by atoms with Gasteiger partial charge < -0.3 is 16.4 Å². The molecule has 1 amide bonds. The maximum absolute atomic E-state index is 13.3. The molecule has 0 aliphatic carbocycles. The van der Waals surface area contributed by atoms with Crippen LogP contribution in [0.15, 0.2) is 48.5 Å². The smallest absolute Gasteiger partial charge is 0.237 e. The molecule has 3 rings (SSSR count). The van der Waals surface area contributed by atoms with Crippen LogP contribution in [-0.4, -0.2) is 26.1 Å². The Morgan fingerprint density at radius 3 is 2.43 bits per heavy atom. The summed E-state index contributed by atoms with van der Waals surface area (Å²) in [4.78, 5) is 25.1. The standard InChI is InChI=1S/C20H20F2N6OS/c1-11(30-12(2)18(29)24-14-8-9-15(21)16(22)10-14)17-26-19(23)28-20(27-17)25-13-6-4-3-5-7-13/h3-12H,1-2H3,(H,24,29)(H3,23,25,26,27,28)/t11-,12-/m0/s1. The summed E-state index contributed by atoms with van der Waals surface area (Å²) in [7, 11) is 0. The Kier molecular flexibility index (Phi) is 6.78. The summed E-state index contributed by atoms with van der Waals surface area (Å²) in [6.07, 6.45) is 0. The molecule has 1 aromatic heterocycles. The van der Waals surface area contributed by atoms with E-state index in [1.54, 1.807) is 6.92 Å². The number of hydrogen-bond acceptors (Lipinski definition) is 7. The highest BCUT2D eigenvalue weighted by Crippen LogP contribution is 2.31. The average molecular weight is 430 g/mol. The summed E-state index contributed by atoms with van der Waals surface area (Å²) in [5, 5.41) is 4.83. The number of nitrogens with one attached hydrogen (secondary N) is 2. The van der Waals surface area contributed by atoms with Crippen LogP contribution in [0, 0.1) is 11.6 Å². The van der Waals surface area contributed by atoms with Crippen molar-refractivity contribution in [3.05, 3.63) is 66.0 Å². The predicted molar refractivity (Wildman–Crippen MR) is 114 cm³/mol. The molecule has 10 heteroatoms. The number of nitrogens with zero attached hydrogens (tertiary/aromatic N) is 3. The quantitative estimate of drug-likeness (QED) is 0.513. The van der Waals surface area contributed by atoms with Crippen LogP contribution >= 0.6 is 11.8 Å². The first kappa shape index (κ1) is 21.4. The minimum atomic E-state index is -1.03. The molecule has 2 aromatic carbocycles. The lowest BCUT2D eigenvalue weighted by molar-refractivity contribution is -0.115. The highest BCUT2D eigenvalue weighted by atomic mass is 32.2. The minimum absolute atomic E-state index is 0.0600. The number of amides is 1. The van der Waals surface area contributed by atoms with Crippen molar-refractivity contribution >= 4 is 40.9 Å². The van der Waals surface area contributed by atoms with E-state index in [-0.39, 0.29) is 22.8 Å². The number of para-hydroxylation sites is 1. The number of nitrogen functional groups attached to an aromatic ring is 1. The zero-order valence-corrected chi connectivity index (χ0v) is 17.1. The van der Waals surface area contributed by atoms with Gasteiger partial charge in [-0.2, -0.15) is 15.0 Å². The second-order valence-corrected chi connectivity index (χ2v) is 8.09. The molecule has 0 radical (unpaired) electrons. The molecule has 0 unspecified atom stereocenters. The molecular formula is C20H20F2N6OS. The van der Waals surface area contributed by atoms with Crippen LogP contribution in [0.2, 0.25) is 0 Å². The summed E-state index contributed by atoms with van der Waals surface area (Å²) >= 11 is 1.30. The van der Waals surface area contributed by atoms with Crippen molar-refractivity contribution in [1.29, 1.82) is 0 Å². The van der Waals surface area contributed by atoms with Gasteiger partial charge in [0.05, 0.1) is 10.5 Å². The third-order valence-electron chi connectivity index (χ3n) is 4.03. The van der Waals surface area contributed by atoms with Crippen molar-refractivity contribution in [3.8, 4) is 0 Å². The van der Waals surface area contributed by atoms with E-state index in [1.165, 1.54) is 17.8 Å². The van der Waals surface area contributed by atoms with Crippen molar-refractivity contribution in [2.75, 3.05) is 16.4 Å². The molecule has 30 heavy (non-hydrogen) atoms. The summed E-state index contributed by atoms with van der Waals surface area (Å²) in [6.45, 7) is 3.54. The number of halogens is 2. The highest BCUT2D eigenvalue weighted by Gasteiger charge is 2.21. The van der Waals surface area contributed by atoms with Crippen LogP contribution in [-0.2, 0) is 4.79 Å². The van der Waals surface area contributed by atoms with Gasteiger partial charge in [-0.05, 0) is 38.1 Å². The molecule has 0 spiro atoms. The zero-order chi connectivity index (χ0) is 21.7. The molecular weight excluding hydrogens is 410 g/mol. The number of hydrogen-bond donors (Lipinski definition) is 3. The SMILES string of the molecule is C[C@H](S[C@@H](C)c1nc(N)nc(Nc2ccccc2)n1)C(=O)Nc1ccc(F)c(F)c1. The van der Waals surface area contributed by atoms with Crippen molar-refractivity contribution in [2.45, 2.75) is 24.3 Å². The molecule has 2 atom stereocenters. The third-order valence-corrected chi connectivity index (χ3v) is 5.27. The van der Waals surface area contributed by atoms with E-state index in [9.17, 15) is 13.6 Å². The minimum Gasteiger partial charge on any atom is -0.368 e. The largest absolute Gasteiger partial charge is 0.368 e. The van der Waals surface area contributed by atoms with Gasteiger partial charge in [0.2, 0.25) is 17.8 Å². The second kappa shape index (κ2) is 9.49. The monoisotopic (exact) mass is 430 g/mol. The maximum Gasteiger partial charge on any atom is 0.237 e. The summed E-state index contributed by atoms with van der Waals surface area (Å²) in [5.41, 5.74) is 6.79. The van der Waals surface area contributed by atoms with Gasteiger partial charge in [-0.15, -0.1) is 11.8 Å². The molecule has 0 bridgehead atoms. The van der Waals surface area contributed by atoms with Crippen molar-refractivity contribution in [1.82, 2.24) is 15.0 Å². The number of thioether (sulfide) groups is 1. The fourth-order valence-electron chi connectivity index (χ4n) is 2.54. The number of rotatable bonds is 7. The molecule has 0 fully saturated rings. The van der Waals surface area contributed by atoms with Gasteiger partial charge in [-0.25, -0.2) is 8.78 Å². The van der Waals surface area contributed by atoms with Gasteiger partial charge in [0.25, 0.3) is 0 Å². The Morgan fingerprint density at radius 1 is 1.00 bits per heavy atom.